The molecule has 9 nitrogen and oxygen atoms in total. The molecule has 5 saturated carbocycles. The lowest BCUT2D eigenvalue weighted by Gasteiger charge is -2.56. The molecule has 2 aliphatic heterocycles. The normalized spacial score (nSPS) is 32.9. The van der Waals surface area contributed by atoms with Gasteiger partial charge in [0.25, 0.3) is 0 Å². The Morgan fingerprint density at radius 3 is 2.17 bits per heavy atom. The van der Waals surface area contributed by atoms with Crippen LogP contribution in [0.2, 0.25) is 0 Å². The first-order valence-corrected chi connectivity index (χ1v) is 22.8. The molecule has 3 aromatic rings. The Morgan fingerprint density at radius 2 is 1.47 bits per heavy atom. The number of carbonyl (C=O) groups is 2. The van der Waals surface area contributed by atoms with Crippen LogP contribution in [0.5, 0.6) is 0 Å². The standard InChI is InChI=1S/C50H66N4O5/c1-49(2,3)52-46(56)44-21-20-37-8-5-7-11-43(37)54(44)30-41-25-45(38-14-12-32(31-55)13-15-38)59-47(58-41)39-18-16-36(17-19-39)42-10-6-4-9-40(42)29-51-48(57)53-50-26-33-22-34(27-50)24-35(23-33)28-50/h4,6,9-10,12-19,33-35,37,41,43-45,47,55H,5,7-8,11,20-31H2,1-3H3,(H,52,56)(H2,51,53,57). The van der Waals surface area contributed by atoms with E-state index in [1.165, 1.54) is 38.5 Å². The molecule has 0 spiro atoms. The molecule has 2 heterocycles. The van der Waals surface area contributed by atoms with Gasteiger partial charge in [-0.3, -0.25) is 9.69 Å². The molecule has 6 atom stereocenters. The smallest absolute Gasteiger partial charge is 0.315 e. The van der Waals surface area contributed by atoms with Gasteiger partial charge in [-0.2, -0.15) is 0 Å². The summed E-state index contributed by atoms with van der Waals surface area (Å²) in [5.41, 5.74) is 5.78. The average molecular weight is 803 g/mol. The van der Waals surface area contributed by atoms with Gasteiger partial charge >= 0.3 is 6.03 Å². The van der Waals surface area contributed by atoms with Gasteiger partial charge in [-0.1, -0.05) is 85.6 Å². The number of likely N-dealkylation sites (tertiary alicyclic amines) is 1. The molecule has 9 heteroatoms. The molecule has 2 saturated heterocycles. The highest BCUT2D eigenvalue weighted by atomic mass is 16.7. The molecule has 7 aliphatic rings. The van der Waals surface area contributed by atoms with Gasteiger partial charge in [0.1, 0.15) is 0 Å². The fraction of sp³-hybridized carbons (Fsp3) is 0.600. The lowest BCUT2D eigenvalue weighted by atomic mass is 9.53. The Hall–Kier alpha value is -3.76. The van der Waals surface area contributed by atoms with E-state index >= 15 is 0 Å². The maximum atomic E-state index is 13.9. The lowest BCUT2D eigenvalue weighted by molar-refractivity contribution is -0.255. The number of rotatable bonds is 10. The second-order valence-electron chi connectivity index (χ2n) is 20.3. The number of aliphatic hydroxyl groups excluding tert-OH is 1. The van der Waals surface area contributed by atoms with Crippen molar-refractivity contribution >= 4 is 11.9 Å². The maximum Gasteiger partial charge on any atom is 0.315 e. The molecule has 0 aromatic heterocycles. The maximum absolute atomic E-state index is 13.9. The number of urea groups is 1. The van der Waals surface area contributed by atoms with Crippen LogP contribution in [0.15, 0.2) is 72.8 Å². The van der Waals surface area contributed by atoms with Crippen molar-refractivity contribution < 1.29 is 24.2 Å². The van der Waals surface area contributed by atoms with Crippen LogP contribution in [-0.2, 0) is 27.4 Å². The number of aliphatic hydroxyl groups is 1. The van der Waals surface area contributed by atoms with Gasteiger partial charge in [0, 0.05) is 42.2 Å². The van der Waals surface area contributed by atoms with Crippen LogP contribution in [0.1, 0.15) is 139 Å². The van der Waals surface area contributed by atoms with E-state index < -0.39 is 6.29 Å². The largest absolute Gasteiger partial charge is 0.392 e. The first kappa shape index (κ1) is 40.6. The van der Waals surface area contributed by atoms with Crippen molar-refractivity contribution in [3.05, 3.63) is 95.1 Å². The number of carbonyl (C=O) groups excluding carboxylic acids is 2. The number of nitrogens with one attached hydrogen (secondary N) is 3. The molecule has 4 bridgehead atoms. The highest BCUT2D eigenvalue weighted by Crippen LogP contribution is 2.55. The van der Waals surface area contributed by atoms with E-state index in [1.54, 1.807) is 0 Å². The summed E-state index contributed by atoms with van der Waals surface area (Å²) in [6, 6.07) is 25.0. The first-order valence-electron chi connectivity index (χ1n) is 22.8. The van der Waals surface area contributed by atoms with E-state index in [1.807, 2.05) is 18.2 Å². The van der Waals surface area contributed by atoms with Gasteiger partial charge in [-0.25, -0.2) is 4.79 Å². The fourth-order valence-corrected chi connectivity index (χ4v) is 12.5. The summed E-state index contributed by atoms with van der Waals surface area (Å²) in [6.07, 6.45) is 14.0. The summed E-state index contributed by atoms with van der Waals surface area (Å²) in [5.74, 6) is 3.07. The number of piperidine rings is 1. The molecular weight excluding hydrogens is 737 g/mol. The van der Waals surface area contributed by atoms with Crippen molar-refractivity contribution in [1.82, 2.24) is 20.9 Å². The average Bonchev–Trinajstić information content (AvgIpc) is 3.22. The van der Waals surface area contributed by atoms with Gasteiger partial charge in [-0.15, -0.1) is 0 Å². The number of ether oxygens (including phenoxy) is 2. The molecule has 7 fully saturated rings. The van der Waals surface area contributed by atoms with Crippen molar-refractivity contribution in [2.45, 2.75) is 159 Å². The van der Waals surface area contributed by atoms with Crippen LogP contribution >= 0.6 is 0 Å². The van der Waals surface area contributed by atoms with Gasteiger partial charge < -0.3 is 30.5 Å². The quantitative estimate of drug-likeness (QED) is 0.163. The van der Waals surface area contributed by atoms with Crippen LogP contribution < -0.4 is 16.0 Å². The molecule has 6 unspecified atom stereocenters. The third-order valence-electron chi connectivity index (χ3n) is 14.7. The molecule has 10 rings (SSSR count). The summed E-state index contributed by atoms with van der Waals surface area (Å²) >= 11 is 0. The number of nitrogens with zero attached hydrogens (tertiary/aromatic N) is 1. The highest BCUT2D eigenvalue weighted by molar-refractivity contribution is 5.82. The molecule has 316 valence electrons. The number of hydrogen-bond acceptors (Lipinski definition) is 6. The molecule has 4 N–H and O–H groups in total. The minimum atomic E-state index is -0.593. The predicted octanol–water partition coefficient (Wildman–Crippen LogP) is 9.10. The second-order valence-corrected chi connectivity index (χ2v) is 20.3. The molecule has 3 amide bonds. The number of benzene rings is 3. The summed E-state index contributed by atoms with van der Waals surface area (Å²) in [5, 5.41) is 19.7. The minimum absolute atomic E-state index is 0.00370. The van der Waals surface area contributed by atoms with Gasteiger partial charge in [0.2, 0.25) is 5.91 Å². The monoisotopic (exact) mass is 803 g/mol. The summed E-state index contributed by atoms with van der Waals surface area (Å²) < 4.78 is 13.7. The van der Waals surface area contributed by atoms with Crippen LogP contribution in [0.3, 0.4) is 0 Å². The Labute approximate surface area is 351 Å². The summed E-state index contributed by atoms with van der Waals surface area (Å²) in [4.78, 5) is 29.8. The summed E-state index contributed by atoms with van der Waals surface area (Å²) in [6.45, 7) is 7.30. The van der Waals surface area contributed by atoms with Crippen LogP contribution in [0, 0.1) is 23.7 Å². The van der Waals surface area contributed by atoms with Crippen molar-refractivity contribution in [3.8, 4) is 11.1 Å². The molecule has 0 radical (unpaired) electrons. The molecule has 5 aliphatic carbocycles. The van der Waals surface area contributed by atoms with E-state index in [-0.39, 0.29) is 47.9 Å². The Balaban J connectivity index is 0.920. The van der Waals surface area contributed by atoms with Gasteiger partial charge in [0.05, 0.1) is 24.9 Å². The van der Waals surface area contributed by atoms with E-state index in [2.05, 4.69) is 96.2 Å². The Bertz CT molecular complexity index is 1910. The third-order valence-corrected chi connectivity index (χ3v) is 14.7. The van der Waals surface area contributed by atoms with E-state index in [0.29, 0.717) is 31.5 Å². The van der Waals surface area contributed by atoms with E-state index in [0.717, 1.165) is 89.7 Å². The van der Waals surface area contributed by atoms with Crippen LogP contribution in [0.4, 0.5) is 4.79 Å². The van der Waals surface area contributed by atoms with Crippen LogP contribution in [-0.4, -0.2) is 57.8 Å². The zero-order valence-corrected chi connectivity index (χ0v) is 35.5. The number of hydrogen-bond donors (Lipinski definition) is 4. The molecule has 3 aromatic carbocycles. The Morgan fingerprint density at radius 1 is 0.797 bits per heavy atom. The first-order chi connectivity index (χ1) is 28.5. The van der Waals surface area contributed by atoms with Crippen molar-refractivity contribution in [2.75, 3.05) is 6.54 Å². The topological polar surface area (TPSA) is 112 Å². The second kappa shape index (κ2) is 16.9. The number of fused-ring (bicyclic) bond motifs is 1. The minimum Gasteiger partial charge on any atom is -0.392 e. The van der Waals surface area contributed by atoms with E-state index in [9.17, 15) is 14.7 Å². The third kappa shape index (κ3) is 9.14. The van der Waals surface area contributed by atoms with E-state index in [4.69, 9.17) is 9.47 Å². The SMILES string of the molecule is CC(C)(C)NC(=O)C1CCC2CCCCC2N1CC1CC(c2ccc(CO)cc2)OC(c2ccc(-c3ccccc3CNC(=O)NC34CC5CC(CC(C5)C3)C4)cc2)O1. The van der Waals surface area contributed by atoms with Crippen molar-refractivity contribution in [3.63, 3.8) is 0 Å². The zero-order valence-electron chi connectivity index (χ0n) is 35.5. The van der Waals surface area contributed by atoms with Gasteiger partial charge in [-0.05, 0) is 136 Å². The fourth-order valence-electron chi connectivity index (χ4n) is 12.5. The van der Waals surface area contributed by atoms with Crippen molar-refractivity contribution in [2.24, 2.45) is 23.7 Å². The van der Waals surface area contributed by atoms with Crippen molar-refractivity contribution in [1.29, 1.82) is 0 Å². The van der Waals surface area contributed by atoms with Gasteiger partial charge in [0.15, 0.2) is 6.29 Å². The molecular formula is C50H66N4O5. The van der Waals surface area contributed by atoms with Crippen LogP contribution in [0.25, 0.3) is 11.1 Å². The summed E-state index contributed by atoms with van der Waals surface area (Å²) in [7, 11) is 0. The lowest BCUT2D eigenvalue weighted by Crippen LogP contribution is -2.61. The highest BCUT2D eigenvalue weighted by Gasteiger charge is 2.51. The molecule has 59 heavy (non-hydrogen) atoms. The zero-order chi connectivity index (χ0) is 40.7. The number of amides is 3. The predicted molar refractivity (Wildman–Crippen MR) is 230 cm³/mol. The Kier molecular flexibility index (Phi) is 11.7.